The van der Waals surface area contributed by atoms with Gasteiger partial charge in [-0.2, -0.15) is 0 Å². The Labute approximate surface area is 84.2 Å². The first kappa shape index (κ1) is 10.8. The van der Waals surface area contributed by atoms with Gasteiger partial charge in [-0.1, -0.05) is 6.92 Å². The standard InChI is InChI=1S/C9H17ClN2O/c1-7-3-5-12(6-8(7)11)9(13)2-4-10/h7-8H,2-6,11H2,1H3. The van der Waals surface area contributed by atoms with Gasteiger partial charge in [0.1, 0.15) is 0 Å². The molecule has 1 heterocycles. The summed E-state index contributed by atoms with van der Waals surface area (Å²) in [5.74, 6) is 1.07. The summed E-state index contributed by atoms with van der Waals surface area (Å²) in [4.78, 5) is 13.3. The number of nitrogens with two attached hydrogens (primary N) is 1. The van der Waals surface area contributed by atoms with E-state index in [1.807, 2.05) is 4.90 Å². The fourth-order valence-corrected chi connectivity index (χ4v) is 1.73. The number of amides is 1. The zero-order valence-electron chi connectivity index (χ0n) is 8.00. The van der Waals surface area contributed by atoms with Crippen molar-refractivity contribution in [2.45, 2.75) is 25.8 Å². The van der Waals surface area contributed by atoms with Crippen LogP contribution in [-0.2, 0) is 4.79 Å². The molecule has 2 N–H and O–H groups in total. The quantitative estimate of drug-likeness (QED) is 0.677. The third-order valence-corrected chi connectivity index (χ3v) is 2.87. The number of hydrogen-bond acceptors (Lipinski definition) is 2. The third-order valence-electron chi connectivity index (χ3n) is 2.68. The van der Waals surface area contributed by atoms with E-state index in [0.717, 1.165) is 13.0 Å². The van der Waals surface area contributed by atoms with Gasteiger partial charge in [0.15, 0.2) is 0 Å². The van der Waals surface area contributed by atoms with Crippen LogP contribution in [0.1, 0.15) is 19.8 Å². The molecule has 0 aromatic heterocycles. The van der Waals surface area contributed by atoms with Crippen molar-refractivity contribution in [3.05, 3.63) is 0 Å². The number of nitrogens with zero attached hydrogens (tertiary/aromatic N) is 1. The summed E-state index contributed by atoms with van der Waals surface area (Å²) in [6.45, 7) is 3.66. The Morgan fingerprint density at radius 3 is 2.92 bits per heavy atom. The van der Waals surface area contributed by atoms with Crippen LogP contribution >= 0.6 is 11.6 Å². The number of likely N-dealkylation sites (tertiary alicyclic amines) is 1. The second-order valence-electron chi connectivity index (χ2n) is 3.71. The Bertz CT molecular complexity index is 186. The maximum atomic E-state index is 11.4. The molecule has 1 amide bonds. The molecular weight excluding hydrogens is 188 g/mol. The molecule has 0 aromatic rings. The van der Waals surface area contributed by atoms with Gasteiger partial charge in [0.05, 0.1) is 0 Å². The minimum atomic E-state index is 0.132. The van der Waals surface area contributed by atoms with Gasteiger partial charge in [0.2, 0.25) is 5.91 Å². The molecule has 2 unspecified atom stereocenters. The largest absolute Gasteiger partial charge is 0.341 e. The number of hydrogen-bond donors (Lipinski definition) is 1. The van der Waals surface area contributed by atoms with Crippen LogP contribution in [0.15, 0.2) is 0 Å². The lowest BCUT2D eigenvalue weighted by atomic mass is 9.94. The first-order valence-electron chi connectivity index (χ1n) is 4.74. The van der Waals surface area contributed by atoms with Gasteiger partial charge >= 0.3 is 0 Å². The van der Waals surface area contributed by atoms with Crippen molar-refractivity contribution in [2.24, 2.45) is 11.7 Å². The van der Waals surface area contributed by atoms with Crippen LogP contribution < -0.4 is 5.73 Å². The van der Waals surface area contributed by atoms with Gasteiger partial charge < -0.3 is 10.6 Å². The Balaban J connectivity index is 2.40. The maximum Gasteiger partial charge on any atom is 0.223 e. The molecule has 0 aliphatic carbocycles. The summed E-state index contributed by atoms with van der Waals surface area (Å²) in [5, 5.41) is 0. The fourth-order valence-electron chi connectivity index (χ4n) is 1.56. The Morgan fingerprint density at radius 1 is 1.69 bits per heavy atom. The van der Waals surface area contributed by atoms with Crippen LogP contribution in [0.5, 0.6) is 0 Å². The molecule has 0 bridgehead atoms. The predicted molar refractivity (Wildman–Crippen MR) is 53.7 cm³/mol. The highest BCUT2D eigenvalue weighted by Crippen LogP contribution is 2.15. The lowest BCUT2D eigenvalue weighted by molar-refractivity contribution is -0.132. The Hall–Kier alpha value is -0.280. The number of carbonyl (C=O) groups excluding carboxylic acids is 1. The van der Waals surface area contributed by atoms with Crippen molar-refractivity contribution in [3.8, 4) is 0 Å². The summed E-state index contributed by atoms with van der Waals surface area (Å²) in [7, 11) is 0. The molecule has 0 aromatic carbocycles. The van der Waals surface area contributed by atoms with E-state index in [2.05, 4.69) is 6.92 Å². The second-order valence-corrected chi connectivity index (χ2v) is 4.09. The molecule has 1 fully saturated rings. The van der Waals surface area contributed by atoms with Crippen molar-refractivity contribution < 1.29 is 4.79 Å². The minimum absolute atomic E-state index is 0.132. The van der Waals surface area contributed by atoms with E-state index in [4.69, 9.17) is 17.3 Å². The van der Waals surface area contributed by atoms with E-state index in [1.54, 1.807) is 0 Å². The summed E-state index contributed by atoms with van der Waals surface area (Å²) >= 11 is 5.50. The van der Waals surface area contributed by atoms with Gasteiger partial charge in [0.25, 0.3) is 0 Å². The SMILES string of the molecule is CC1CCN(C(=O)CCCl)CC1N. The zero-order valence-corrected chi connectivity index (χ0v) is 8.76. The minimum Gasteiger partial charge on any atom is -0.341 e. The van der Waals surface area contributed by atoms with Crippen LogP contribution in [0, 0.1) is 5.92 Å². The molecule has 0 radical (unpaired) electrons. The number of rotatable bonds is 2. The summed E-state index contributed by atoms with van der Waals surface area (Å²) in [6, 6.07) is 0.132. The van der Waals surface area contributed by atoms with Crippen molar-refractivity contribution in [2.75, 3.05) is 19.0 Å². The smallest absolute Gasteiger partial charge is 0.223 e. The summed E-state index contributed by atoms with van der Waals surface area (Å²) in [6.07, 6.45) is 1.44. The van der Waals surface area contributed by atoms with Crippen molar-refractivity contribution in [1.82, 2.24) is 4.90 Å². The van der Waals surface area contributed by atoms with E-state index >= 15 is 0 Å². The average Bonchev–Trinajstić information content (AvgIpc) is 2.10. The lowest BCUT2D eigenvalue weighted by Gasteiger charge is -2.35. The van der Waals surface area contributed by atoms with Gasteiger partial charge in [-0.3, -0.25) is 4.79 Å². The molecule has 1 aliphatic rings. The number of carbonyl (C=O) groups is 1. The first-order chi connectivity index (χ1) is 6.15. The fraction of sp³-hybridized carbons (Fsp3) is 0.889. The van der Waals surface area contributed by atoms with E-state index < -0.39 is 0 Å². The molecule has 2 atom stereocenters. The number of halogens is 1. The van der Waals surface area contributed by atoms with Crippen LogP contribution in [0.25, 0.3) is 0 Å². The van der Waals surface area contributed by atoms with Crippen LogP contribution in [0.4, 0.5) is 0 Å². The highest BCUT2D eigenvalue weighted by molar-refractivity contribution is 6.18. The first-order valence-corrected chi connectivity index (χ1v) is 5.28. The van der Waals surface area contributed by atoms with Crippen LogP contribution in [0.3, 0.4) is 0 Å². The predicted octanol–water partition coefficient (Wildman–Crippen LogP) is 0.811. The lowest BCUT2D eigenvalue weighted by Crippen LogP contribution is -2.49. The van der Waals surface area contributed by atoms with E-state index in [9.17, 15) is 4.79 Å². The summed E-state index contributed by atoms with van der Waals surface area (Å²) in [5.41, 5.74) is 5.88. The molecule has 0 saturated carbocycles. The van der Waals surface area contributed by atoms with Gasteiger partial charge in [-0.05, 0) is 12.3 Å². The molecule has 3 nitrogen and oxygen atoms in total. The summed E-state index contributed by atoms with van der Waals surface area (Å²) < 4.78 is 0. The van der Waals surface area contributed by atoms with Gasteiger partial charge in [-0.25, -0.2) is 0 Å². The van der Waals surface area contributed by atoms with Gasteiger partial charge in [-0.15, -0.1) is 11.6 Å². The van der Waals surface area contributed by atoms with Crippen molar-refractivity contribution >= 4 is 17.5 Å². The second kappa shape index (κ2) is 4.82. The number of alkyl halides is 1. The molecule has 0 spiro atoms. The van der Waals surface area contributed by atoms with E-state index in [0.29, 0.717) is 24.8 Å². The molecule has 76 valence electrons. The highest BCUT2D eigenvalue weighted by Gasteiger charge is 2.25. The molecule has 4 heteroatoms. The van der Waals surface area contributed by atoms with E-state index in [-0.39, 0.29) is 11.9 Å². The molecule has 1 aliphatic heterocycles. The normalized spacial score (nSPS) is 29.0. The monoisotopic (exact) mass is 204 g/mol. The van der Waals surface area contributed by atoms with Crippen LogP contribution in [-0.4, -0.2) is 35.8 Å². The van der Waals surface area contributed by atoms with Crippen LogP contribution in [0.2, 0.25) is 0 Å². The van der Waals surface area contributed by atoms with E-state index in [1.165, 1.54) is 0 Å². The zero-order chi connectivity index (χ0) is 9.84. The Kier molecular flexibility index (Phi) is 4.00. The maximum absolute atomic E-state index is 11.4. The van der Waals surface area contributed by atoms with Crippen molar-refractivity contribution in [3.63, 3.8) is 0 Å². The molecule has 1 rings (SSSR count). The van der Waals surface area contributed by atoms with Crippen molar-refractivity contribution in [1.29, 1.82) is 0 Å². The topological polar surface area (TPSA) is 46.3 Å². The van der Waals surface area contributed by atoms with Gasteiger partial charge in [0, 0.05) is 31.4 Å². The average molecular weight is 205 g/mol. The molecule has 1 saturated heterocycles. The number of piperidine rings is 1. The Morgan fingerprint density at radius 2 is 2.38 bits per heavy atom. The highest BCUT2D eigenvalue weighted by atomic mass is 35.5. The molecule has 13 heavy (non-hydrogen) atoms. The third kappa shape index (κ3) is 2.85. The molecular formula is C9H17ClN2O.